The van der Waals surface area contributed by atoms with Crippen LogP contribution in [-0.2, 0) is 24.3 Å². The molecule has 0 radical (unpaired) electrons. The fraction of sp³-hybridized carbons (Fsp3) is 0.185. The van der Waals surface area contributed by atoms with E-state index in [1.807, 2.05) is 91.5 Å². The molecule has 0 bridgehead atoms. The average molecular weight is 423 g/mol. The summed E-state index contributed by atoms with van der Waals surface area (Å²) in [6.45, 7) is 4.80. The fourth-order valence-electron chi connectivity index (χ4n) is 3.58. The summed E-state index contributed by atoms with van der Waals surface area (Å²) in [5, 5.41) is 0. The Morgan fingerprint density at radius 3 is 2.28 bits per heavy atom. The molecule has 4 aromatic rings. The van der Waals surface area contributed by atoms with E-state index in [9.17, 15) is 4.79 Å². The van der Waals surface area contributed by atoms with E-state index >= 15 is 0 Å². The smallest absolute Gasteiger partial charge is 0.227 e. The average Bonchev–Trinajstić information content (AvgIpc) is 2.81. The van der Waals surface area contributed by atoms with Crippen LogP contribution < -0.4 is 0 Å². The zero-order valence-corrected chi connectivity index (χ0v) is 18.4. The first-order valence-electron chi connectivity index (χ1n) is 10.7. The van der Waals surface area contributed by atoms with E-state index < -0.39 is 0 Å². The van der Waals surface area contributed by atoms with Crippen molar-refractivity contribution in [2.75, 3.05) is 0 Å². The Balaban J connectivity index is 1.65. The van der Waals surface area contributed by atoms with Crippen molar-refractivity contribution in [3.8, 4) is 11.3 Å². The number of benzene rings is 2. The van der Waals surface area contributed by atoms with Gasteiger partial charge in [-0.15, -0.1) is 0 Å². The maximum Gasteiger partial charge on any atom is 0.227 e. The SMILES string of the molecule is Cc1ccc(CC(=O)N(Cc2ccccc2)Cc2nc(C)ncc2-c2ccccn2)cc1. The lowest BCUT2D eigenvalue weighted by molar-refractivity contribution is -0.131. The molecule has 0 saturated carbocycles. The van der Waals surface area contributed by atoms with Crippen molar-refractivity contribution < 1.29 is 4.79 Å². The Labute approximate surface area is 188 Å². The van der Waals surface area contributed by atoms with Gasteiger partial charge in [0.05, 0.1) is 24.4 Å². The molecule has 0 aliphatic rings. The third-order valence-electron chi connectivity index (χ3n) is 5.31. The van der Waals surface area contributed by atoms with Gasteiger partial charge in [0.1, 0.15) is 5.82 Å². The molecule has 0 saturated heterocycles. The highest BCUT2D eigenvalue weighted by Crippen LogP contribution is 2.22. The van der Waals surface area contributed by atoms with Gasteiger partial charge in [0, 0.05) is 24.5 Å². The molecule has 32 heavy (non-hydrogen) atoms. The van der Waals surface area contributed by atoms with Gasteiger partial charge in [0.25, 0.3) is 0 Å². The number of carbonyl (C=O) groups excluding carboxylic acids is 1. The fourth-order valence-corrected chi connectivity index (χ4v) is 3.58. The molecule has 2 heterocycles. The zero-order chi connectivity index (χ0) is 22.3. The van der Waals surface area contributed by atoms with E-state index in [1.165, 1.54) is 5.56 Å². The third-order valence-corrected chi connectivity index (χ3v) is 5.31. The quantitative estimate of drug-likeness (QED) is 0.424. The second-order valence-electron chi connectivity index (χ2n) is 7.89. The van der Waals surface area contributed by atoms with Crippen LogP contribution in [0.2, 0.25) is 0 Å². The van der Waals surface area contributed by atoms with Crippen LogP contribution >= 0.6 is 0 Å². The number of pyridine rings is 1. The summed E-state index contributed by atoms with van der Waals surface area (Å²) in [4.78, 5) is 28.8. The highest BCUT2D eigenvalue weighted by molar-refractivity contribution is 5.79. The molecule has 5 heteroatoms. The predicted molar refractivity (Wildman–Crippen MR) is 126 cm³/mol. The van der Waals surface area contributed by atoms with Gasteiger partial charge in [-0.1, -0.05) is 66.2 Å². The number of aromatic nitrogens is 3. The number of hydrogen-bond donors (Lipinski definition) is 0. The summed E-state index contributed by atoms with van der Waals surface area (Å²) in [7, 11) is 0. The van der Waals surface area contributed by atoms with E-state index in [0.717, 1.165) is 28.1 Å². The van der Waals surface area contributed by atoms with E-state index in [2.05, 4.69) is 15.0 Å². The molecule has 4 rings (SSSR count). The summed E-state index contributed by atoms with van der Waals surface area (Å²) in [6, 6.07) is 23.9. The van der Waals surface area contributed by atoms with Crippen molar-refractivity contribution in [2.45, 2.75) is 33.4 Å². The second kappa shape index (κ2) is 9.96. The lowest BCUT2D eigenvalue weighted by Gasteiger charge is -2.24. The predicted octanol–water partition coefficient (Wildman–Crippen LogP) is 4.93. The summed E-state index contributed by atoms with van der Waals surface area (Å²) < 4.78 is 0. The van der Waals surface area contributed by atoms with Crippen molar-refractivity contribution in [1.29, 1.82) is 0 Å². The lowest BCUT2D eigenvalue weighted by Crippen LogP contribution is -2.32. The van der Waals surface area contributed by atoms with Crippen LogP contribution in [0.25, 0.3) is 11.3 Å². The molecule has 0 fully saturated rings. The molecule has 2 aromatic carbocycles. The van der Waals surface area contributed by atoms with Crippen LogP contribution in [0.5, 0.6) is 0 Å². The number of aryl methyl sites for hydroxylation is 2. The van der Waals surface area contributed by atoms with Crippen molar-refractivity contribution in [3.05, 3.63) is 113 Å². The highest BCUT2D eigenvalue weighted by atomic mass is 16.2. The molecule has 0 N–H and O–H groups in total. The van der Waals surface area contributed by atoms with Crippen molar-refractivity contribution in [1.82, 2.24) is 19.9 Å². The summed E-state index contributed by atoms with van der Waals surface area (Å²) >= 11 is 0. The summed E-state index contributed by atoms with van der Waals surface area (Å²) in [6.07, 6.45) is 3.89. The van der Waals surface area contributed by atoms with Gasteiger partial charge >= 0.3 is 0 Å². The van der Waals surface area contributed by atoms with Crippen LogP contribution in [-0.4, -0.2) is 25.8 Å². The van der Waals surface area contributed by atoms with Crippen molar-refractivity contribution >= 4 is 5.91 Å². The first-order valence-corrected chi connectivity index (χ1v) is 10.7. The lowest BCUT2D eigenvalue weighted by atomic mass is 10.1. The van der Waals surface area contributed by atoms with Gasteiger partial charge in [0.2, 0.25) is 5.91 Å². The Kier molecular flexibility index (Phi) is 6.66. The normalized spacial score (nSPS) is 10.7. The van der Waals surface area contributed by atoms with Gasteiger partial charge in [-0.3, -0.25) is 9.78 Å². The van der Waals surface area contributed by atoms with Crippen LogP contribution in [0.1, 0.15) is 28.2 Å². The molecule has 5 nitrogen and oxygen atoms in total. The first kappa shape index (κ1) is 21.4. The van der Waals surface area contributed by atoms with Crippen LogP contribution in [0.3, 0.4) is 0 Å². The molecule has 0 aliphatic carbocycles. The van der Waals surface area contributed by atoms with Gasteiger partial charge in [-0.25, -0.2) is 9.97 Å². The van der Waals surface area contributed by atoms with E-state index in [0.29, 0.717) is 25.3 Å². The van der Waals surface area contributed by atoms with E-state index in [1.54, 1.807) is 12.4 Å². The van der Waals surface area contributed by atoms with Gasteiger partial charge in [-0.05, 0) is 37.1 Å². The van der Waals surface area contributed by atoms with Gasteiger partial charge in [0.15, 0.2) is 0 Å². The largest absolute Gasteiger partial charge is 0.332 e. The first-order chi connectivity index (χ1) is 15.6. The Morgan fingerprint density at radius 1 is 0.812 bits per heavy atom. The van der Waals surface area contributed by atoms with Crippen molar-refractivity contribution in [3.63, 3.8) is 0 Å². The van der Waals surface area contributed by atoms with E-state index in [-0.39, 0.29) is 5.91 Å². The number of carbonyl (C=O) groups is 1. The Morgan fingerprint density at radius 2 is 1.56 bits per heavy atom. The minimum Gasteiger partial charge on any atom is -0.332 e. The number of nitrogens with zero attached hydrogens (tertiary/aromatic N) is 4. The minimum absolute atomic E-state index is 0.0564. The number of amides is 1. The maximum atomic E-state index is 13.4. The van der Waals surface area contributed by atoms with Crippen LogP contribution in [0.4, 0.5) is 0 Å². The van der Waals surface area contributed by atoms with E-state index in [4.69, 9.17) is 0 Å². The number of rotatable bonds is 7. The molecule has 1 amide bonds. The molecule has 0 atom stereocenters. The molecular weight excluding hydrogens is 396 g/mol. The number of hydrogen-bond acceptors (Lipinski definition) is 4. The minimum atomic E-state index is 0.0564. The molecular formula is C27H26N4O. The molecule has 0 unspecified atom stereocenters. The maximum absolute atomic E-state index is 13.4. The monoisotopic (exact) mass is 422 g/mol. The molecule has 0 spiro atoms. The topological polar surface area (TPSA) is 59.0 Å². The zero-order valence-electron chi connectivity index (χ0n) is 18.4. The Bertz CT molecular complexity index is 1180. The molecule has 0 aliphatic heterocycles. The van der Waals surface area contributed by atoms with Crippen molar-refractivity contribution in [2.24, 2.45) is 0 Å². The molecule has 2 aromatic heterocycles. The van der Waals surface area contributed by atoms with Gasteiger partial charge in [-0.2, -0.15) is 0 Å². The highest BCUT2D eigenvalue weighted by Gasteiger charge is 2.19. The summed E-state index contributed by atoms with van der Waals surface area (Å²) in [5.41, 5.74) is 5.70. The summed E-state index contributed by atoms with van der Waals surface area (Å²) in [5.74, 6) is 0.728. The van der Waals surface area contributed by atoms with Crippen LogP contribution in [0, 0.1) is 13.8 Å². The standard InChI is InChI=1S/C27H26N4O/c1-20-11-13-22(14-12-20)16-27(32)31(18-23-8-4-3-5-9-23)19-26-24(17-29-21(2)30-26)25-10-6-7-15-28-25/h3-15,17H,16,18-19H2,1-2H3. The third kappa shape index (κ3) is 5.43. The van der Waals surface area contributed by atoms with Gasteiger partial charge < -0.3 is 4.90 Å². The Hall–Kier alpha value is -3.86. The molecule has 160 valence electrons. The van der Waals surface area contributed by atoms with Crippen LogP contribution in [0.15, 0.2) is 85.2 Å². The second-order valence-corrected chi connectivity index (χ2v) is 7.89.